The molecule has 6 heteroatoms. The van der Waals surface area contributed by atoms with Crippen LogP contribution < -0.4 is 0 Å². The van der Waals surface area contributed by atoms with Crippen molar-refractivity contribution in [1.82, 2.24) is 4.57 Å². The van der Waals surface area contributed by atoms with E-state index >= 15 is 0 Å². The highest BCUT2D eigenvalue weighted by atomic mass is 16.6. The number of rotatable bonds is 3. The highest BCUT2D eigenvalue weighted by Crippen LogP contribution is 2.36. The van der Waals surface area contributed by atoms with Gasteiger partial charge in [0.25, 0.3) is 5.69 Å². The summed E-state index contributed by atoms with van der Waals surface area (Å²) < 4.78 is 1.94. The number of benzene rings is 1. The Morgan fingerprint density at radius 1 is 1.45 bits per heavy atom. The van der Waals surface area contributed by atoms with Gasteiger partial charge in [-0.25, -0.2) is 0 Å². The molecule has 1 heterocycles. The Balaban J connectivity index is 2.06. The third kappa shape index (κ3) is 2.36. The van der Waals surface area contributed by atoms with E-state index in [2.05, 4.69) is 0 Å². The molecule has 0 spiro atoms. The number of allylic oxidation sites excluding steroid dienone is 2. The predicted molar refractivity (Wildman–Crippen MR) is 82.5 cm³/mol. The van der Waals surface area contributed by atoms with Crippen LogP contribution in [0.4, 0.5) is 5.69 Å². The lowest BCUT2D eigenvalue weighted by Crippen LogP contribution is -2.15. The lowest BCUT2D eigenvalue weighted by atomic mass is 9.86. The molecule has 114 valence electrons. The predicted octanol–water partition coefficient (Wildman–Crippen LogP) is 3.35. The number of aromatic nitrogens is 1. The summed E-state index contributed by atoms with van der Waals surface area (Å²) >= 11 is 0. The van der Waals surface area contributed by atoms with Crippen molar-refractivity contribution < 1.29 is 14.8 Å². The molecule has 1 N–H and O–H groups in total. The maximum absolute atomic E-state index is 11.0. The van der Waals surface area contributed by atoms with Gasteiger partial charge in [-0.05, 0) is 30.9 Å². The standard InChI is InChI=1S/C16H16N2O4/c1-17-9-14(10-2-4-11(5-3-10)16(19)20)13-8-12(18(21)22)6-7-15(13)17/h2,6-9,11H,3-5H2,1H3,(H,19,20). The molecule has 3 rings (SSSR count). The number of nitro groups is 1. The van der Waals surface area contributed by atoms with E-state index in [9.17, 15) is 14.9 Å². The van der Waals surface area contributed by atoms with Crippen LogP contribution in [0.3, 0.4) is 0 Å². The number of aliphatic carboxylic acids is 1. The van der Waals surface area contributed by atoms with Crippen LogP contribution in [0.15, 0.2) is 30.5 Å². The van der Waals surface area contributed by atoms with Gasteiger partial charge in [-0.15, -0.1) is 0 Å². The fourth-order valence-corrected chi connectivity index (χ4v) is 3.05. The Labute approximate surface area is 126 Å². The maximum Gasteiger partial charge on any atom is 0.306 e. The molecule has 0 saturated carbocycles. The maximum atomic E-state index is 11.0. The van der Waals surface area contributed by atoms with Crippen molar-refractivity contribution in [2.75, 3.05) is 0 Å². The normalized spacial score (nSPS) is 18.2. The summed E-state index contributed by atoms with van der Waals surface area (Å²) in [5, 5.41) is 20.9. The summed E-state index contributed by atoms with van der Waals surface area (Å²) in [6, 6.07) is 4.84. The summed E-state index contributed by atoms with van der Waals surface area (Å²) in [6.07, 6.45) is 5.71. The molecule has 6 nitrogen and oxygen atoms in total. The number of hydrogen-bond donors (Lipinski definition) is 1. The minimum Gasteiger partial charge on any atom is -0.481 e. The molecular weight excluding hydrogens is 284 g/mol. The molecule has 1 atom stereocenters. The molecule has 1 aromatic carbocycles. The number of fused-ring (bicyclic) bond motifs is 1. The van der Waals surface area contributed by atoms with Crippen molar-refractivity contribution in [2.24, 2.45) is 13.0 Å². The molecule has 1 unspecified atom stereocenters. The number of carboxylic acids is 1. The molecule has 0 amide bonds. The molecule has 2 aromatic rings. The summed E-state index contributed by atoms with van der Waals surface area (Å²) in [4.78, 5) is 21.6. The summed E-state index contributed by atoms with van der Waals surface area (Å²) in [7, 11) is 1.90. The number of carbonyl (C=O) groups is 1. The summed E-state index contributed by atoms with van der Waals surface area (Å²) in [6.45, 7) is 0. The number of aryl methyl sites for hydroxylation is 1. The Morgan fingerprint density at radius 2 is 2.23 bits per heavy atom. The molecule has 0 radical (unpaired) electrons. The van der Waals surface area contributed by atoms with Gasteiger partial charge in [-0.3, -0.25) is 14.9 Å². The van der Waals surface area contributed by atoms with Gasteiger partial charge in [0.15, 0.2) is 0 Å². The van der Waals surface area contributed by atoms with Gasteiger partial charge in [0.05, 0.1) is 10.8 Å². The molecular formula is C16H16N2O4. The molecule has 0 bridgehead atoms. The third-order valence-corrected chi connectivity index (χ3v) is 4.29. The first-order valence-electron chi connectivity index (χ1n) is 7.13. The molecule has 1 aliphatic rings. The van der Waals surface area contributed by atoms with Crippen LogP contribution in [0.5, 0.6) is 0 Å². The number of hydrogen-bond acceptors (Lipinski definition) is 3. The SMILES string of the molecule is Cn1cc(C2=CCC(C(=O)O)CC2)c2cc([N+](=O)[O-])ccc21. The van der Waals surface area contributed by atoms with Gasteiger partial charge < -0.3 is 9.67 Å². The number of non-ortho nitro benzene ring substituents is 1. The second-order valence-electron chi connectivity index (χ2n) is 5.65. The van der Waals surface area contributed by atoms with Crippen LogP contribution in [0, 0.1) is 16.0 Å². The van der Waals surface area contributed by atoms with Crippen molar-refractivity contribution >= 4 is 28.1 Å². The van der Waals surface area contributed by atoms with E-state index in [1.807, 2.05) is 23.9 Å². The highest BCUT2D eigenvalue weighted by Gasteiger charge is 2.23. The van der Waals surface area contributed by atoms with Gasteiger partial charge in [-0.2, -0.15) is 0 Å². The van der Waals surface area contributed by atoms with Crippen molar-refractivity contribution in [1.29, 1.82) is 0 Å². The zero-order chi connectivity index (χ0) is 15.9. The van der Waals surface area contributed by atoms with E-state index in [0.29, 0.717) is 19.3 Å². The van der Waals surface area contributed by atoms with E-state index < -0.39 is 10.9 Å². The number of carboxylic acid groups (broad SMARTS) is 1. The number of nitrogens with zero attached hydrogens (tertiary/aromatic N) is 2. The van der Waals surface area contributed by atoms with E-state index in [-0.39, 0.29) is 11.6 Å². The minimum atomic E-state index is -0.760. The summed E-state index contributed by atoms with van der Waals surface area (Å²) in [5.41, 5.74) is 3.04. The Bertz CT molecular complexity index is 804. The molecule has 0 aliphatic heterocycles. The van der Waals surface area contributed by atoms with Gasteiger partial charge in [0, 0.05) is 41.8 Å². The fraction of sp³-hybridized carbons (Fsp3) is 0.312. The van der Waals surface area contributed by atoms with Crippen LogP contribution in [-0.2, 0) is 11.8 Å². The second kappa shape index (κ2) is 5.29. The average Bonchev–Trinajstić information content (AvgIpc) is 2.84. The lowest BCUT2D eigenvalue weighted by molar-refractivity contribution is -0.384. The molecule has 1 aromatic heterocycles. The molecule has 22 heavy (non-hydrogen) atoms. The molecule has 1 aliphatic carbocycles. The largest absolute Gasteiger partial charge is 0.481 e. The molecule has 0 saturated heterocycles. The zero-order valence-electron chi connectivity index (χ0n) is 12.2. The first kappa shape index (κ1) is 14.3. The van der Waals surface area contributed by atoms with Crippen LogP contribution >= 0.6 is 0 Å². The van der Waals surface area contributed by atoms with Gasteiger partial charge in [-0.1, -0.05) is 6.08 Å². The highest BCUT2D eigenvalue weighted by molar-refractivity contribution is 5.94. The topological polar surface area (TPSA) is 85.4 Å². The zero-order valence-corrected chi connectivity index (χ0v) is 12.2. The van der Waals surface area contributed by atoms with Crippen molar-refractivity contribution in [3.8, 4) is 0 Å². The van der Waals surface area contributed by atoms with E-state index in [4.69, 9.17) is 5.11 Å². The van der Waals surface area contributed by atoms with Gasteiger partial charge >= 0.3 is 5.97 Å². The van der Waals surface area contributed by atoms with Gasteiger partial charge in [0.2, 0.25) is 0 Å². The van der Waals surface area contributed by atoms with E-state index in [0.717, 1.165) is 22.0 Å². The average molecular weight is 300 g/mol. The quantitative estimate of drug-likeness (QED) is 0.695. The first-order valence-corrected chi connectivity index (χ1v) is 7.13. The van der Waals surface area contributed by atoms with Crippen molar-refractivity contribution in [3.05, 3.63) is 46.1 Å². The van der Waals surface area contributed by atoms with Crippen LogP contribution in [0.2, 0.25) is 0 Å². The second-order valence-corrected chi connectivity index (χ2v) is 5.65. The first-order chi connectivity index (χ1) is 10.5. The fourth-order valence-electron chi connectivity index (χ4n) is 3.05. The van der Waals surface area contributed by atoms with Crippen molar-refractivity contribution in [3.63, 3.8) is 0 Å². The summed E-state index contributed by atoms with van der Waals surface area (Å²) in [5.74, 6) is -1.09. The van der Waals surface area contributed by atoms with Gasteiger partial charge in [0.1, 0.15) is 0 Å². The number of nitro benzene ring substituents is 1. The molecule has 0 fully saturated rings. The van der Waals surface area contributed by atoms with Crippen molar-refractivity contribution in [2.45, 2.75) is 19.3 Å². The smallest absolute Gasteiger partial charge is 0.306 e. The lowest BCUT2D eigenvalue weighted by Gasteiger charge is -2.18. The van der Waals surface area contributed by atoms with E-state index in [1.54, 1.807) is 12.1 Å². The Kier molecular flexibility index (Phi) is 3.44. The van der Waals surface area contributed by atoms with E-state index in [1.165, 1.54) is 6.07 Å². The van der Waals surface area contributed by atoms with Crippen LogP contribution in [0.25, 0.3) is 16.5 Å². The Hall–Kier alpha value is -2.63. The van der Waals surface area contributed by atoms with Crippen LogP contribution in [0.1, 0.15) is 24.8 Å². The monoisotopic (exact) mass is 300 g/mol. The van der Waals surface area contributed by atoms with Crippen LogP contribution in [-0.4, -0.2) is 20.6 Å². The third-order valence-electron chi connectivity index (χ3n) is 4.29. The minimum absolute atomic E-state index is 0.0692. The Morgan fingerprint density at radius 3 is 2.82 bits per heavy atom.